The molecule has 0 aliphatic heterocycles. The highest BCUT2D eigenvalue weighted by Crippen LogP contribution is 2.14. The van der Waals surface area contributed by atoms with E-state index in [2.05, 4.69) is 12.2 Å². The number of rotatable bonds is 18. The van der Waals surface area contributed by atoms with E-state index in [9.17, 15) is 9.90 Å². The maximum Gasteiger partial charge on any atom is 0.220 e. The fourth-order valence-corrected chi connectivity index (χ4v) is 2.96. The topological polar surface area (TPSA) is 69.6 Å². The predicted molar refractivity (Wildman–Crippen MR) is 101 cm³/mol. The number of carbonyl (C=O) groups excluding carboxylic acids is 1. The van der Waals surface area contributed by atoms with Crippen LogP contribution in [0, 0.1) is 0 Å². The van der Waals surface area contributed by atoms with Gasteiger partial charge in [0, 0.05) is 13.0 Å². The molecule has 24 heavy (non-hydrogen) atoms. The van der Waals surface area contributed by atoms with Gasteiger partial charge in [-0.05, 0) is 19.3 Å². The van der Waals surface area contributed by atoms with Gasteiger partial charge in [-0.3, -0.25) is 4.79 Å². The molecule has 0 saturated heterocycles. The molecule has 0 bridgehead atoms. The number of hydrogen-bond acceptors (Lipinski definition) is 3. The zero-order valence-corrected chi connectivity index (χ0v) is 15.9. The quantitative estimate of drug-likeness (QED) is 0.324. The van der Waals surface area contributed by atoms with E-state index in [1.807, 2.05) is 0 Å². The van der Waals surface area contributed by atoms with Crippen molar-refractivity contribution in [2.24, 2.45) is 0 Å². The Morgan fingerprint density at radius 2 is 1.33 bits per heavy atom. The maximum atomic E-state index is 11.3. The number of hydrogen-bond donors (Lipinski definition) is 3. The number of nitrogens with one attached hydrogen (secondary N) is 1. The van der Waals surface area contributed by atoms with Gasteiger partial charge < -0.3 is 15.5 Å². The molecule has 4 heteroatoms. The van der Waals surface area contributed by atoms with Crippen LogP contribution >= 0.6 is 0 Å². The number of amides is 1. The minimum absolute atomic E-state index is 0.0155. The second kappa shape index (κ2) is 18.7. The van der Waals surface area contributed by atoms with Crippen molar-refractivity contribution in [3.8, 4) is 0 Å². The van der Waals surface area contributed by atoms with Crippen molar-refractivity contribution in [1.29, 1.82) is 0 Å². The fourth-order valence-electron chi connectivity index (χ4n) is 2.96. The SMILES string of the molecule is CCCCCCC(O)CCCCCCCCCCC(=O)NCCO. The maximum absolute atomic E-state index is 11.3. The third-order valence-corrected chi connectivity index (χ3v) is 4.52. The van der Waals surface area contributed by atoms with Crippen LogP contribution in [0.1, 0.15) is 103 Å². The third kappa shape index (κ3) is 17.7. The highest BCUT2D eigenvalue weighted by molar-refractivity contribution is 5.75. The summed E-state index contributed by atoms with van der Waals surface area (Å²) < 4.78 is 0. The molecule has 144 valence electrons. The van der Waals surface area contributed by atoms with Crippen molar-refractivity contribution >= 4 is 5.91 Å². The van der Waals surface area contributed by atoms with E-state index in [1.54, 1.807) is 0 Å². The lowest BCUT2D eigenvalue weighted by molar-refractivity contribution is -0.121. The van der Waals surface area contributed by atoms with Gasteiger partial charge in [-0.1, -0.05) is 77.6 Å². The Labute approximate surface area is 149 Å². The van der Waals surface area contributed by atoms with Gasteiger partial charge in [-0.25, -0.2) is 0 Å². The van der Waals surface area contributed by atoms with E-state index < -0.39 is 0 Å². The smallest absolute Gasteiger partial charge is 0.220 e. The zero-order valence-electron chi connectivity index (χ0n) is 15.9. The summed E-state index contributed by atoms with van der Waals surface area (Å²) >= 11 is 0. The van der Waals surface area contributed by atoms with Gasteiger partial charge in [0.15, 0.2) is 0 Å². The minimum Gasteiger partial charge on any atom is -0.395 e. The number of unbranched alkanes of at least 4 members (excludes halogenated alkanes) is 10. The summed E-state index contributed by atoms with van der Waals surface area (Å²) in [5.41, 5.74) is 0. The van der Waals surface area contributed by atoms with Crippen LogP contribution in [0.15, 0.2) is 0 Å². The van der Waals surface area contributed by atoms with E-state index in [0.29, 0.717) is 13.0 Å². The van der Waals surface area contributed by atoms with Crippen LogP contribution in [0.3, 0.4) is 0 Å². The predicted octanol–water partition coefficient (Wildman–Crippen LogP) is 4.33. The molecule has 0 fully saturated rings. The van der Waals surface area contributed by atoms with Gasteiger partial charge in [-0.15, -0.1) is 0 Å². The van der Waals surface area contributed by atoms with Crippen molar-refractivity contribution in [3.63, 3.8) is 0 Å². The average Bonchev–Trinajstić information content (AvgIpc) is 2.58. The van der Waals surface area contributed by atoms with E-state index in [1.165, 1.54) is 57.8 Å². The van der Waals surface area contributed by atoms with Crippen molar-refractivity contribution in [1.82, 2.24) is 5.32 Å². The highest BCUT2D eigenvalue weighted by Gasteiger charge is 2.03. The summed E-state index contributed by atoms with van der Waals surface area (Å²) in [6.45, 7) is 2.60. The van der Waals surface area contributed by atoms with Crippen LogP contribution in [-0.2, 0) is 4.79 Å². The molecule has 4 nitrogen and oxygen atoms in total. The van der Waals surface area contributed by atoms with Crippen LogP contribution in [0.2, 0.25) is 0 Å². The van der Waals surface area contributed by atoms with Crippen molar-refractivity contribution in [2.45, 2.75) is 109 Å². The second-order valence-electron chi connectivity index (χ2n) is 6.94. The largest absolute Gasteiger partial charge is 0.395 e. The lowest BCUT2D eigenvalue weighted by Gasteiger charge is -2.10. The van der Waals surface area contributed by atoms with Gasteiger partial charge in [0.2, 0.25) is 5.91 Å². The first-order valence-electron chi connectivity index (χ1n) is 10.3. The van der Waals surface area contributed by atoms with Crippen molar-refractivity contribution < 1.29 is 15.0 Å². The summed E-state index contributed by atoms with van der Waals surface area (Å²) in [6.07, 6.45) is 16.8. The molecular weight excluding hydrogens is 302 g/mol. The standard InChI is InChI=1S/C20H41NO3/c1-2-3-4-11-14-19(23)15-12-9-7-5-6-8-10-13-16-20(24)21-17-18-22/h19,22-23H,2-18H2,1H3,(H,21,24). The van der Waals surface area contributed by atoms with Gasteiger partial charge in [0.05, 0.1) is 12.7 Å². The average molecular weight is 344 g/mol. The summed E-state index contributed by atoms with van der Waals surface area (Å²) in [6, 6.07) is 0. The Morgan fingerprint density at radius 3 is 1.88 bits per heavy atom. The summed E-state index contributed by atoms with van der Waals surface area (Å²) in [5, 5.41) is 21.2. The Balaban J connectivity index is 3.18. The lowest BCUT2D eigenvalue weighted by Crippen LogP contribution is -2.25. The molecule has 1 unspecified atom stereocenters. The molecule has 0 radical (unpaired) electrons. The molecule has 1 amide bonds. The van der Waals surface area contributed by atoms with Gasteiger partial charge in [0.25, 0.3) is 0 Å². The molecule has 1 atom stereocenters. The first-order valence-corrected chi connectivity index (χ1v) is 10.3. The molecule has 3 N–H and O–H groups in total. The Morgan fingerprint density at radius 1 is 0.833 bits per heavy atom. The first-order chi connectivity index (χ1) is 11.7. The monoisotopic (exact) mass is 343 g/mol. The second-order valence-corrected chi connectivity index (χ2v) is 6.94. The summed E-state index contributed by atoms with van der Waals surface area (Å²) in [5.74, 6) is 0.0531. The van der Waals surface area contributed by atoms with Crippen molar-refractivity contribution in [2.75, 3.05) is 13.2 Å². The summed E-state index contributed by atoms with van der Waals surface area (Å²) in [4.78, 5) is 11.3. The van der Waals surface area contributed by atoms with E-state index in [0.717, 1.165) is 32.1 Å². The molecule has 0 heterocycles. The molecule has 0 aliphatic rings. The molecular formula is C20H41NO3. The van der Waals surface area contributed by atoms with Gasteiger partial charge in [-0.2, -0.15) is 0 Å². The number of carbonyl (C=O) groups is 1. The minimum atomic E-state index is -0.0844. The first kappa shape index (κ1) is 23.4. The molecule has 0 aromatic heterocycles. The van der Waals surface area contributed by atoms with Gasteiger partial charge >= 0.3 is 0 Å². The van der Waals surface area contributed by atoms with Crippen LogP contribution in [-0.4, -0.2) is 35.4 Å². The lowest BCUT2D eigenvalue weighted by atomic mass is 10.0. The molecule has 0 aromatic carbocycles. The van der Waals surface area contributed by atoms with E-state index >= 15 is 0 Å². The number of aliphatic hydroxyl groups is 2. The molecule has 0 aliphatic carbocycles. The highest BCUT2D eigenvalue weighted by atomic mass is 16.3. The van der Waals surface area contributed by atoms with Crippen molar-refractivity contribution in [3.05, 3.63) is 0 Å². The normalized spacial score (nSPS) is 12.3. The van der Waals surface area contributed by atoms with Crippen LogP contribution in [0.5, 0.6) is 0 Å². The molecule has 0 saturated carbocycles. The third-order valence-electron chi connectivity index (χ3n) is 4.52. The van der Waals surface area contributed by atoms with Crippen LogP contribution in [0.25, 0.3) is 0 Å². The van der Waals surface area contributed by atoms with E-state index in [4.69, 9.17) is 5.11 Å². The Kier molecular flexibility index (Phi) is 18.2. The molecule has 0 rings (SSSR count). The molecule has 0 spiro atoms. The molecule has 0 aromatic rings. The van der Waals surface area contributed by atoms with Crippen LogP contribution in [0.4, 0.5) is 0 Å². The Bertz CT molecular complexity index is 272. The van der Waals surface area contributed by atoms with E-state index in [-0.39, 0.29) is 18.6 Å². The van der Waals surface area contributed by atoms with Gasteiger partial charge in [0.1, 0.15) is 0 Å². The Hall–Kier alpha value is -0.610. The summed E-state index contributed by atoms with van der Waals surface area (Å²) in [7, 11) is 0. The van der Waals surface area contributed by atoms with Crippen LogP contribution < -0.4 is 5.32 Å². The number of aliphatic hydroxyl groups excluding tert-OH is 2. The zero-order chi connectivity index (χ0) is 17.9. The fraction of sp³-hybridized carbons (Fsp3) is 0.950.